The van der Waals surface area contributed by atoms with Gasteiger partial charge in [-0.05, 0) is 63.2 Å². The van der Waals surface area contributed by atoms with Gasteiger partial charge in [0.15, 0.2) is 0 Å². The minimum Gasteiger partial charge on any atom is -0.355 e. The number of piperidine rings is 1. The van der Waals surface area contributed by atoms with Gasteiger partial charge in [-0.2, -0.15) is 0 Å². The van der Waals surface area contributed by atoms with Crippen LogP contribution in [0.25, 0.3) is 0 Å². The van der Waals surface area contributed by atoms with Gasteiger partial charge >= 0.3 is 0 Å². The third-order valence-electron chi connectivity index (χ3n) is 4.84. The molecule has 1 N–H and O–H groups in total. The first-order chi connectivity index (χ1) is 11.1. The van der Waals surface area contributed by atoms with Gasteiger partial charge in [0.1, 0.15) is 5.82 Å². The number of carbonyl (C=O) groups excluding carboxylic acids is 1. The van der Waals surface area contributed by atoms with Crippen LogP contribution in [0.5, 0.6) is 0 Å². The molecule has 0 saturated carbocycles. The highest BCUT2D eigenvalue weighted by atomic mass is 19.1. The smallest absolute Gasteiger partial charge is 0.220 e. The van der Waals surface area contributed by atoms with E-state index >= 15 is 0 Å². The van der Waals surface area contributed by atoms with Crippen molar-refractivity contribution in [3.63, 3.8) is 0 Å². The molecule has 0 bridgehead atoms. The van der Waals surface area contributed by atoms with Gasteiger partial charge in [-0.3, -0.25) is 9.69 Å². The van der Waals surface area contributed by atoms with Crippen molar-refractivity contribution in [3.8, 4) is 0 Å². The topological polar surface area (TPSA) is 32.3 Å². The Bertz CT molecular complexity index is 498. The molecule has 4 heteroatoms. The molecular formula is C19H29FN2O. The van der Waals surface area contributed by atoms with E-state index in [9.17, 15) is 9.18 Å². The summed E-state index contributed by atoms with van der Waals surface area (Å²) in [5, 5.41) is 3.02. The van der Waals surface area contributed by atoms with Crippen molar-refractivity contribution in [1.29, 1.82) is 0 Å². The Kier molecular flexibility index (Phi) is 7.03. The van der Waals surface area contributed by atoms with Gasteiger partial charge in [-0.1, -0.05) is 25.1 Å². The summed E-state index contributed by atoms with van der Waals surface area (Å²) in [7, 11) is 0. The van der Waals surface area contributed by atoms with Crippen molar-refractivity contribution < 1.29 is 9.18 Å². The molecule has 1 aliphatic rings. The van der Waals surface area contributed by atoms with Crippen LogP contribution in [0.15, 0.2) is 24.3 Å². The van der Waals surface area contributed by atoms with Crippen molar-refractivity contribution in [2.24, 2.45) is 5.92 Å². The molecule has 0 aliphatic carbocycles. The first-order valence-corrected chi connectivity index (χ1v) is 8.80. The number of likely N-dealkylation sites (tertiary alicyclic amines) is 1. The van der Waals surface area contributed by atoms with Crippen LogP contribution in [0.4, 0.5) is 4.39 Å². The predicted molar refractivity (Wildman–Crippen MR) is 91.8 cm³/mol. The quantitative estimate of drug-likeness (QED) is 0.835. The molecule has 1 atom stereocenters. The van der Waals surface area contributed by atoms with E-state index in [-0.39, 0.29) is 11.7 Å². The normalized spacial score (nSPS) is 17.9. The molecule has 23 heavy (non-hydrogen) atoms. The van der Waals surface area contributed by atoms with Crippen LogP contribution in [0.2, 0.25) is 0 Å². The molecule has 0 radical (unpaired) electrons. The molecule has 0 aromatic heterocycles. The van der Waals surface area contributed by atoms with Gasteiger partial charge < -0.3 is 5.32 Å². The fraction of sp³-hybridized carbons (Fsp3) is 0.632. The summed E-state index contributed by atoms with van der Waals surface area (Å²) in [5.74, 6) is 0.714. The largest absolute Gasteiger partial charge is 0.355 e. The molecule has 1 aliphatic heterocycles. The summed E-state index contributed by atoms with van der Waals surface area (Å²) >= 11 is 0. The van der Waals surface area contributed by atoms with E-state index < -0.39 is 0 Å². The number of carbonyl (C=O) groups is 1. The maximum atomic E-state index is 13.5. The van der Waals surface area contributed by atoms with Crippen LogP contribution in [0.3, 0.4) is 0 Å². The zero-order valence-corrected chi connectivity index (χ0v) is 14.4. The van der Waals surface area contributed by atoms with Gasteiger partial charge in [-0.25, -0.2) is 4.39 Å². The molecule has 1 aromatic rings. The Balaban J connectivity index is 1.62. The Morgan fingerprint density at radius 2 is 2.04 bits per heavy atom. The molecular weight excluding hydrogens is 291 g/mol. The zero-order chi connectivity index (χ0) is 16.7. The van der Waals surface area contributed by atoms with Crippen molar-refractivity contribution in [2.75, 3.05) is 19.6 Å². The monoisotopic (exact) mass is 320 g/mol. The van der Waals surface area contributed by atoms with Gasteiger partial charge in [-0.15, -0.1) is 0 Å². The SMILES string of the molecule is CC1CCN(C(C)CNC(=O)CCCc2ccccc2F)CC1. The van der Waals surface area contributed by atoms with Gasteiger partial charge in [0, 0.05) is 19.0 Å². The number of amides is 1. The van der Waals surface area contributed by atoms with Crippen molar-refractivity contribution in [2.45, 2.75) is 52.0 Å². The van der Waals surface area contributed by atoms with E-state index in [0.29, 0.717) is 37.4 Å². The van der Waals surface area contributed by atoms with E-state index in [1.165, 1.54) is 18.9 Å². The summed E-state index contributed by atoms with van der Waals surface area (Å²) in [5.41, 5.74) is 0.691. The molecule has 3 nitrogen and oxygen atoms in total. The van der Waals surface area contributed by atoms with Crippen LogP contribution in [-0.4, -0.2) is 36.5 Å². The van der Waals surface area contributed by atoms with E-state index in [2.05, 4.69) is 24.1 Å². The average molecular weight is 320 g/mol. The first kappa shape index (κ1) is 17.9. The molecule has 2 rings (SSSR count). The molecule has 1 unspecified atom stereocenters. The molecule has 1 amide bonds. The summed E-state index contributed by atoms with van der Waals surface area (Å²) in [4.78, 5) is 14.4. The van der Waals surface area contributed by atoms with Crippen LogP contribution in [0, 0.1) is 11.7 Å². The van der Waals surface area contributed by atoms with Crippen LogP contribution in [0.1, 0.15) is 45.1 Å². The average Bonchev–Trinajstić information content (AvgIpc) is 2.55. The molecule has 0 spiro atoms. The number of hydrogen-bond acceptors (Lipinski definition) is 2. The van der Waals surface area contributed by atoms with E-state index in [0.717, 1.165) is 19.0 Å². The number of benzene rings is 1. The molecule has 1 saturated heterocycles. The highest BCUT2D eigenvalue weighted by Crippen LogP contribution is 2.17. The number of nitrogens with one attached hydrogen (secondary N) is 1. The minimum absolute atomic E-state index is 0.0681. The third kappa shape index (κ3) is 5.94. The lowest BCUT2D eigenvalue weighted by molar-refractivity contribution is -0.121. The second-order valence-corrected chi connectivity index (χ2v) is 6.82. The van der Waals surface area contributed by atoms with Crippen LogP contribution in [-0.2, 0) is 11.2 Å². The highest BCUT2D eigenvalue weighted by molar-refractivity contribution is 5.75. The molecule has 1 fully saturated rings. The number of aryl methyl sites for hydroxylation is 1. The number of halogens is 1. The Morgan fingerprint density at radius 3 is 2.74 bits per heavy atom. The Morgan fingerprint density at radius 1 is 1.35 bits per heavy atom. The summed E-state index contributed by atoms with van der Waals surface area (Å²) in [6.45, 7) is 7.44. The lowest BCUT2D eigenvalue weighted by Gasteiger charge is -2.35. The van der Waals surface area contributed by atoms with Crippen LogP contribution >= 0.6 is 0 Å². The summed E-state index contributed by atoms with van der Waals surface area (Å²) in [6, 6.07) is 7.16. The van der Waals surface area contributed by atoms with Gasteiger partial charge in [0.2, 0.25) is 5.91 Å². The standard InChI is InChI=1S/C19H29FN2O/c1-15-10-12-22(13-11-15)16(2)14-21-19(23)9-5-7-17-6-3-4-8-18(17)20/h3-4,6,8,15-16H,5,7,9-14H2,1-2H3,(H,21,23). The van der Waals surface area contributed by atoms with E-state index in [1.54, 1.807) is 12.1 Å². The third-order valence-corrected chi connectivity index (χ3v) is 4.84. The second kappa shape index (κ2) is 9.02. The Hall–Kier alpha value is -1.42. The maximum absolute atomic E-state index is 13.5. The van der Waals surface area contributed by atoms with E-state index in [1.807, 2.05) is 6.07 Å². The Labute approximate surface area is 139 Å². The fourth-order valence-corrected chi connectivity index (χ4v) is 3.09. The summed E-state index contributed by atoms with van der Waals surface area (Å²) in [6.07, 6.45) is 4.25. The van der Waals surface area contributed by atoms with Gasteiger partial charge in [0.05, 0.1) is 0 Å². The number of nitrogens with zero attached hydrogens (tertiary/aromatic N) is 1. The molecule has 128 valence electrons. The molecule has 1 aromatic carbocycles. The number of rotatable bonds is 7. The van der Waals surface area contributed by atoms with E-state index in [4.69, 9.17) is 0 Å². The maximum Gasteiger partial charge on any atom is 0.220 e. The van der Waals surface area contributed by atoms with Crippen molar-refractivity contribution in [3.05, 3.63) is 35.6 Å². The van der Waals surface area contributed by atoms with Crippen LogP contribution < -0.4 is 5.32 Å². The lowest BCUT2D eigenvalue weighted by atomic mass is 9.98. The molecule has 1 heterocycles. The van der Waals surface area contributed by atoms with Gasteiger partial charge in [0.25, 0.3) is 0 Å². The highest BCUT2D eigenvalue weighted by Gasteiger charge is 2.20. The summed E-state index contributed by atoms with van der Waals surface area (Å²) < 4.78 is 13.5. The number of hydrogen-bond donors (Lipinski definition) is 1. The first-order valence-electron chi connectivity index (χ1n) is 8.80. The fourth-order valence-electron chi connectivity index (χ4n) is 3.09. The van der Waals surface area contributed by atoms with Crippen molar-refractivity contribution in [1.82, 2.24) is 10.2 Å². The minimum atomic E-state index is -0.180. The predicted octanol–water partition coefficient (Wildman–Crippen LogP) is 3.39. The zero-order valence-electron chi connectivity index (χ0n) is 14.4. The van der Waals surface area contributed by atoms with Crippen molar-refractivity contribution >= 4 is 5.91 Å². The second-order valence-electron chi connectivity index (χ2n) is 6.82. The lowest BCUT2D eigenvalue weighted by Crippen LogP contribution is -2.45.